The second-order valence-corrected chi connectivity index (χ2v) is 4.14. The van der Waals surface area contributed by atoms with E-state index in [1.807, 2.05) is 20.8 Å². The van der Waals surface area contributed by atoms with Crippen LogP contribution in [0.3, 0.4) is 0 Å². The van der Waals surface area contributed by atoms with Gasteiger partial charge in [0, 0.05) is 12.6 Å². The Balaban J connectivity index is 2.58. The Hall–Kier alpha value is -1.01. The number of rotatable bonds is 7. The fraction of sp³-hybridized carbons (Fsp3) is 0.700. The predicted octanol–water partition coefficient (Wildman–Crippen LogP) is 1.96. The molecule has 0 saturated heterocycles. The van der Waals surface area contributed by atoms with Gasteiger partial charge in [-0.3, -0.25) is 0 Å². The van der Waals surface area contributed by atoms with Crippen molar-refractivity contribution in [2.24, 2.45) is 0 Å². The lowest BCUT2D eigenvalue weighted by atomic mass is 10.3. The number of ether oxygens (including phenoxy) is 2. The van der Waals surface area contributed by atoms with Gasteiger partial charge in [0.25, 0.3) is 0 Å². The first-order valence-corrected chi connectivity index (χ1v) is 6.18. The third-order valence-electron chi connectivity index (χ3n) is 1.91. The van der Waals surface area contributed by atoms with Crippen LogP contribution in [0, 0.1) is 0 Å². The molecule has 0 aliphatic heterocycles. The van der Waals surface area contributed by atoms with E-state index in [0.29, 0.717) is 24.8 Å². The van der Waals surface area contributed by atoms with E-state index >= 15 is 0 Å². The third kappa shape index (κ3) is 3.53. The van der Waals surface area contributed by atoms with Gasteiger partial charge in [-0.1, -0.05) is 0 Å². The van der Waals surface area contributed by atoms with Crippen molar-refractivity contribution in [1.29, 1.82) is 0 Å². The highest BCUT2D eigenvalue weighted by molar-refractivity contribution is 7.11. The fourth-order valence-corrected chi connectivity index (χ4v) is 2.00. The summed E-state index contributed by atoms with van der Waals surface area (Å²) in [6, 6.07) is 0.207. The lowest BCUT2D eigenvalue weighted by Crippen LogP contribution is -2.21. The van der Waals surface area contributed by atoms with Crippen LogP contribution in [-0.2, 0) is 4.74 Å². The average molecular weight is 245 g/mol. The van der Waals surface area contributed by atoms with Crippen LogP contribution >= 0.6 is 11.5 Å². The molecule has 0 saturated carbocycles. The van der Waals surface area contributed by atoms with E-state index in [4.69, 9.17) is 15.2 Å². The summed E-state index contributed by atoms with van der Waals surface area (Å²) in [5.74, 6) is 1.09. The van der Waals surface area contributed by atoms with Gasteiger partial charge in [0.05, 0.1) is 13.2 Å². The summed E-state index contributed by atoms with van der Waals surface area (Å²) in [6.45, 7) is 7.89. The monoisotopic (exact) mass is 245 g/mol. The zero-order valence-electron chi connectivity index (χ0n) is 9.95. The number of hydrogen-bond donors (Lipinski definition) is 2. The quantitative estimate of drug-likeness (QED) is 0.768. The average Bonchev–Trinajstić information content (AvgIpc) is 2.59. The minimum absolute atomic E-state index is 0.207. The molecular formula is C10H19N3O2S. The Kier molecular flexibility index (Phi) is 5.34. The highest BCUT2D eigenvalue weighted by Crippen LogP contribution is 2.35. The Morgan fingerprint density at radius 3 is 2.81 bits per heavy atom. The lowest BCUT2D eigenvalue weighted by Gasteiger charge is -2.14. The smallest absolute Gasteiger partial charge is 0.197 e. The first kappa shape index (κ1) is 13.1. The standard InChI is InChI=1S/C10H19N3O2S/c1-4-14-6-7(3)12-10-8(15-5-2)9(11)13-16-10/h7,12H,4-6H2,1-3H3,(H2,11,13). The Bertz CT molecular complexity index is 317. The second kappa shape index (κ2) is 6.55. The van der Waals surface area contributed by atoms with Crippen molar-refractivity contribution in [3.05, 3.63) is 0 Å². The molecule has 0 aliphatic rings. The van der Waals surface area contributed by atoms with Crippen LogP contribution in [0.2, 0.25) is 0 Å². The molecule has 5 nitrogen and oxygen atoms in total. The summed E-state index contributed by atoms with van der Waals surface area (Å²) in [4.78, 5) is 0. The molecular weight excluding hydrogens is 226 g/mol. The Morgan fingerprint density at radius 1 is 1.44 bits per heavy atom. The molecule has 3 N–H and O–H groups in total. The highest BCUT2D eigenvalue weighted by atomic mass is 32.1. The number of nitrogens with one attached hydrogen (secondary N) is 1. The highest BCUT2D eigenvalue weighted by Gasteiger charge is 2.14. The van der Waals surface area contributed by atoms with E-state index in [2.05, 4.69) is 9.69 Å². The maximum Gasteiger partial charge on any atom is 0.197 e. The number of nitrogens with two attached hydrogens (primary N) is 1. The number of anilines is 2. The summed E-state index contributed by atoms with van der Waals surface area (Å²) in [6.07, 6.45) is 0. The van der Waals surface area contributed by atoms with E-state index in [9.17, 15) is 0 Å². The van der Waals surface area contributed by atoms with E-state index in [1.165, 1.54) is 11.5 Å². The van der Waals surface area contributed by atoms with Crippen LogP contribution in [0.1, 0.15) is 20.8 Å². The van der Waals surface area contributed by atoms with Crippen molar-refractivity contribution in [1.82, 2.24) is 4.37 Å². The molecule has 6 heteroatoms. The van der Waals surface area contributed by atoms with Gasteiger partial charge in [-0.15, -0.1) is 0 Å². The molecule has 92 valence electrons. The molecule has 0 fully saturated rings. The Labute approximate surface area is 100 Å². The van der Waals surface area contributed by atoms with Crippen molar-refractivity contribution < 1.29 is 9.47 Å². The van der Waals surface area contributed by atoms with Crippen LogP contribution < -0.4 is 15.8 Å². The molecule has 1 unspecified atom stereocenters. The summed E-state index contributed by atoms with van der Waals surface area (Å²) in [5.41, 5.74) is 5.71. The van der Waals surface area contributed by atoms with Crippen molar-refractivity contribution in [2.45, 2.75) is 26.8 Å². The first-order valence-electron chi connectivity index (χ1n) is 5.41. The number of nitrogens with zero attached hydrogens (tertiary/aromatic N) is 1. The molecule has 16 heavy (non-hydrogen) atoms. The minimum atomic E-state index is 0.207. The van der Waals surface area contributed by atoms with Crippen LogP contribution in [0.4, 0.5) is 10.8 Å². The maximum atomic E-state index is 5.71. The summed E-state index contributed by atoms with van der Waals surface area (Å²) in [5, 5.41) is 4.14. The summed E-state index contributed by atoms with van der Waals surface area (Å²) < 4.78 is 14.8. The number of aromatic nitrogens is 1. The van der Waals surface area contributed by atoms with Gasteiger partial charge in [-0.2, -0.15) is 4.37 Å². The van der Waals surface area contributed by atoms with Gasteiger partial charge >= 0.3 is 0 Å². The van der Waals surface area contributed by atoms with E-state index < -0.39 is 0 Å². The topological polar surface area (TPSA) is 69.4 Å². The lowest BCUT2D eigenvalue weighted by molar-refractivity contribution is 0.141. The molecule has 1 heterocycles. The molecule has 0 aliphatic carbocycles. The number of hydrogen-bond acceptors (Lipinski definition) is 6. The van der Waals surface area contributed by atoms with E-state index in [-0.39, 0.29) is 6.04 Å². The molecule has 1 aromatic heterocycles. The maximum absolute atomic E-state index is 5.71. The van der Waals surface area contributed by atoms with Crippen LogP contribution in [0.15, 0.2) is 0 Å². The zero-order chi connectivity index (χ0) is 12.0. The molecule has 0 bridgehead atoms. The van der Waals surface area contributed by atoms with Crippen LogP contribution in [0.5, 0.6) is 5.75 Å². The first-order chi connectivity index (χ1) is 7.69. The van der Waals surface area contributed by atoms with Gasteiger partial charge in [0.2, 0.25) is 0 Å². The predicted molar refractivity (Wildman–Crippen MR) is 67.3 cm³/mol. The second-order valence-electron chi connectivity index (χ2n) is 3.36. The number of nitrogen functional groups attached to an aromatic ring is 1. The van der Waals surface area contributed by atoms with E-state index in [1.54, 1.807) is 0 Å². The zero-order valence-corrected chi connectivity index (χ0v) is 10.8. The molecule has 1 rings (SSSR count). The molecule has 0 aromatic carbocycles. The van der Waals surface area contributed by atoms with Crippen molar-refractivity contribution in [2.75, 3.05) is 30.9 Å². The molecule has 1 atom stereocenters. The summed E-state index contributed by atoms with van der Waals surface area (Å²) in [7, 11) is 0. The van der Waals surface area contributed by atoms with Gasteiger partial charge in [-0.25, -0.2) is 0 Å². The normalized spacial score (nSPS) is 12.4. The third-order valence-corrected chi connectivity index (χ3v) is 2.69. The van der Waals surface area contributed by atoms with Gasteiger partial charge in [-0.05, 0) is 32.3 Å². The Morgan fingerprint density at radius 2 is 2.19 bits per heavy atom. The van der Waals surface area contributed by atoms with Crippen molar-refractivity contribution in [3.8, 4) is 5.75 Å². The molecule has 0 radical (unpaired) electrons. The minimum Gasteiger partial charge on any atom is -0.487 e. The van der Waals surface area contributed by atoms with Crippen molar-refractivity contribution in [3.63, 3.8) is 0 Å². The molecule has 0 amide bonds. The van der Waals surface area contributed by atoms with Gasteiger partial charge in [0.15, 0.2) is 16.6 Å². The SMILES string of the molecule is CCOCC(C)Nc1snc(N)c1OCC. The summed E-state index contributed by atoms with van der Waals surface area (Å²) >= 11 is 1.31. The molecule has 0 spiro atoms. The van der Waals surface area contributed by atoms with Gasteiger partial charge in [0.1, 0.15) is 0 Å². The van der Waals surface area contributed by atoms with Crippen molar-refractivity contribution >= 4 is 22.4 Å². The van der Waals surface area contributed by atoms with Crippen LogP contribution in [-0.4, -0.2) is 30.2 Å². The van der Waals surface area contributed by atoms with Gasteiger partial charge < -0.3 is 20.5 Å². The van der Waals surface area contributed by atoms with E-state index in [0.717, 1.165) is 11.6 Å². The fourth-order valence-electron chi connectivity index (χ4n) is 1.23. The van der Waals surface area contributed by atoms with Crippen LogP contribution in [0.25, 0.3) is 0 Å². The molecule has 1 aromatic rings. The largest absolute Gasteiger partial charge is 0.487 e.